The Hall–Kier alpha value is -1.52. The van der Waals surface area contributed by atoms with E-state index < -0.39 is 0 Å². The van der Waals surface area contributed by atoms with Crippen molar-refractivity contribution in [3.63, 3.8) is 0 Å². The van der Waals surface area contributed by atoms with Gasteiger partial charge in [-0.1, -0.05) is 17.7 Å². The zero-order valence-corrected chi connectivity index (χ0v) is 14.2. The second-order valence-electron chi connectivity index (χ2n) is 6.07. The molecule has 0 bridgehead atoms. The number of aryl methyl sites for hydroxylation is 2. The number of rotatable bonds is 4. The molecule has 1 aromatic heterocycles. The van der Waals surface area contributed by atoms with Gasteiger partial charge in [-0.25, -0.2) is 0 Å². The van der Waals surface area contributed by atoms with E-state index in [9.17, 15) is 0 Å². The fourth-order valence-electron chi connectivity index (χ4n) is 3.15. The molecule has 1 saturated heterocycles. The lowest BCUT2D eigenvalue weighted by atomic mass is 10.1. The Labute approximate surface area is 137 Å². The third-order valence-electron chi connectivity index (χ3n) is 4.59. The van der Waals surface area contributed by atoms with Gasteiger partial charge in [-0.2, -0.15) is 5.10 Å². The Balaban J connectivity index is 1.59. The van der Waals surface area contributed by atoms with Gasteiger partial charge in [0.15, 0.2) is 0 Å². The Morgan fingerprint density at radius 3 is 2.86 bits per heavy atom. The molecule has 1 aliphatic rings. The van der Waals surface area contributed by atoms with Gasteiger partial charge in [0.2, 0.25) is 0 Å². The first-order valence-electron chi connectivity index (χ1n) is 7.77. The highest BCUT2D eigenvalue weighted by molar-refractivity contribution is 6.30. The summed E-state index contributed by atoms with van der Waals surface area (Å²) < 4.78 is 1.96. The molecule has 0 amide bonds. The summed E-state index contributed by atoms with van der Waals surface area (Å²) in [6.07, 6.45) is 1.16. The summed E-state index contributed by atoms with van der Waals surface area (Å²) in [5, 5.41) is 8.96. The van der Waals surface area contributed by atoms with Crippen LogP contribution in [0.25, 0.3) is 0 Å². The van der Waals surface area contributed by atoms with Gasteiger partial charge in [-0.3, -0.25) is 4.68 Å². The normalized spacial score (nSPS) is 18.2. The van der Waals surface area contributed by atoms with Crippen molar-refractivity contribution in [1.82, 2.24) is 15.1 Å². The molecule has 0 saturated carbocycles. The molecule has 1 aliphatic heterocycles. The number of hydrogen-bond acceptors (Lipinski definition) is 3. The van der Waals surface area contributed by atoms with Gasteiger partial charge in [0.25, 0.3) is 0 Å². The van der Waals surface area contributed by atoms with E-state index in [1.54, 1.807) is 0 Å². The van der Waals surface area contributed by atoms with Crippen LogP contribution in [0.4, 0.5) is 5.69 Å². The third kappa shape index (κ3) is 3.13. The number of anilines is 1. The molecule has 0 radical (unpaired) electrons. The van der Waals surface area contributed by atoms with Gasteiger partial charge in [0.1, 0.15) is 0 Å². The van der Waals surface area contributed by atoms with E-state index in [0.717, 1.165) is 36.8 Å². The zero-order chi connectivity index (χ0) is 15.7. The van der Waals surface area contributed by atoms with Gasteiger partial charge in [-0.05, 0) is 38.5 Å². The van der Waals surface area contributed by atoms with Gasteiger partial charge >= 0.3 is 0 Å². The summed E-state index contributed by atoms with van der Waals surface area (Å²) >= 11 is 6.09. The van der Waals surface area contributed by atoms with E-state index in [1.807, 2.05) is 29.9 Å². The molecule has 1 fully saturated rings. The average molecular weight is 319 g/mol. The molecule has 1 aromatic carbocycles. The number of nitrogens with zero attached hydrogens (tertiary/aromatic N) is 3. The predicted octanol–water partition coefficient (Wildman–Crippen LogP) is 3.06. The van der Waals surface area contributed by atoms with Crippen molar-refractivity contribution < 1.29 is 0 Å². The maximum Gasteiger partial charge on any atom is 0.0641 e. The van der Waals surface area contributed by atoms with Crippen LogP contribution < -0.4 is 10.2 Å². The molecule has 22 heavy (non-hydrogen) atoms. The largest absolute Gasteiger partial charge is 0.370 e. The van der Waals surface area contributed by atoms with E-state index in [0.29, 0.717) is 6.04 Å². The molecule has 3 rings (SSSR count). The predicted molar refractivity (Wildman–Crippen MR) is 91.6 cm³/mol. The summed E-state index contributed by atoms with van der Waals surface area (Å²) in [6.45, 7) is 7.20. The fourth-order valence-corrected chi connectivity index (χ4v) is 3.34. The van der Waals surface area contributed by atoms with Crippen molar-refractivity contribution >= 4 is 17.3 Å². The van der Waals surface area contributed by atoms with Crippen LogP contribution >= 0.6 is 11.6 Å². The number of hydrogen-bond donors (Lipinski definition) is 1. The lowest BCUT2D eigenvalue weighted by Gasteiger charge is -2.19. The Morgan fingerprint density at radius 1 is 1.36 bits per heavy atom. The van der Waals surface area contributed by atoms with Gasteiger partial charge in [0.05, 0.1) is 5.69 Å². The fraction of sp³-hybridized carbons (Fsp3) is 0.471. The zero-order valence-electron chi connectivity index (χ0n) is 13.4. The second-order valence-corrected chi connectivity index (χ2v) is 6.50. The van der Waals surface area contributed by atoms with Crippen LogP contribution in [-0.4, -0.2) is 28.9 Å². The van der Waals surface area contributed by atoms with Crippen LogP contribution in [0.5, 0.6) is 0 Å². The van der Waals surface area contributed by atoms with Crippen molar-refractivity contribution in [3.8, 4) is 0 Å². The molecule has 4 nitrogen and oxygen atoms in total. The minimum absolute atomic E-state index is 0.512. The summed E-state index contributed by atoms with van der Waals surface area (Å²) in [5.74, 6) is 0. The van der Waals surface area contributed by atoms with E-state index >= 15 is 0 Å². The first-order chi connectivity index (χ1) is 10.5. The monoisotopic (exact) mass is 318 g/mol. The van der Waals surface area contributed by atoms with Crippen LogP contribution in [0.15, 0.2) is 24.3 Å². The smallest absolute Gasteiger partial charge is 0.0641 e. The number of halogens is 1. The minimum Gasteiger partial charge on any atom is -0.370 e. The maximum atomic E-state index is 6.09. The molecular weight excluding hydrogens is 296 g/mol. The average Bonchev–Trinajstić information content (AvgIpc) is 3.04. The van der Waals surface area contributed by atoms with E-state index in [-0.39, 0.29) is 0 Å². The quantitative estimate of drug-likeness (QED) is 0.940. The van der Waals surface area contributed by atoms with Crippen molar-refractivity contribution in [1.29, 1.82) is 0 Å². The van der Waals surface area contributed by atoms with Crippen molar-refractivity contribution in [2.24, 2.45) is 7.05 Å². The molecular formula is C17H23ClN4. The van der Waals surface area contributed by atoms with Crippen LogP contribution in [0, 0.1) is 13.8 Å². The first-order valence-corrected chi connectivity index (χ1v) is 8.15. The molecule has 1 unspecified atom stereocenters. The van der Waals surface area contributed by atoms with E-state index in [1.165, 1.54) is 16.9 Å². The summed E-state index contributed by atoms with van der Waals surface area (Å²) in [4.78, 5) is 2.40. The van der Waals surface area contributed by atoms with Gasteiger partial charge in [-0.15, -0.1) is 0 Å². The van der Waals surface area contributed by atoms with E-state index in [4.69, 9.17) is 11.6 Å². The highest BCUT2D eigenvalue weighted by atomic mass is 35.5. The lowest BCUT2D eigenvalue weighted by molar-refractivity contribution is 0.549. The van der Waals surface area contributed by atoms with Crippen molar-refractivity contribution in [3.05, 3.63) is 46.2 Å². The van der Waals surface area contributed by atoms with Crippen LogP contribution in [0.3, 0.4) is 0 Å². The minimum atomic E-state index is 0.512. The highest BCUT2D eigenvalue weighted by Gasteiger charge is 2.23. The van der Waals surface area contributed by atoms with Gasteiger partial charge < -0.3 is 10.2 Å². The van der Waals surface area contributed by atoms with Crippen LogP contribution in [0.2, 0.25) is 5.02 Å². The highest BCUT2D eigenvalue weighted by Crippen LogP contribution is 2.23. The summed E-state index contributed by atoms with van der Waals surface area (Å²) in [5.41, 5.74) is 4.90. The Kier molecular flexibility index (Phi) is 4.41. The number of nitrogens with one attached hydrogen (secondary N) is 1. The first kappa shape index (κ1) is 15.4. The van der Waals surface area contributed by atoms with Crippen molar-refractivity contribution in [2.75, 3.05) is 18.0 Å². The number of aromatic nitrogens is 2. The standard InChI is InChI=1S/C17H23ClN4/c1-12-17(13(2)21(3)20-12)10-19-15-7-8-22(11-15)16-6-4-5-14(18)9-16/h4-6,9,15,19H,7-8,10-11H2,1-3H3. The summed E-state index contributed by atoms with van der Waals surface area (Å²) in [7, 11) is 2.00. The topological polar surface area (TPSA) is 33.1 Å². The molecule has 1 atom stereocenters. The lowest BCUT2D eigenvalue weighted by Crippen LogP contribution is -2.32. The van der Waals surface area contributed by atoms with Crippen LogP contribution in [-0.2, 0) is 13.6 Å². The second kappa shape index (κ2) is 6.31. The molecule has 1 N–H and O–H groups in total. The third-order valence-corrected chi connectivity index (χ3v) is 4.82. The Bertz CT molecular complexity index is 665. The van der Waals surface area contributed by atoms with Gasteiger partial charge in [0, 0.05) is 54.7 Å². The molecule has 118 valence electrons. The van der Waals surface area contributed by atoms with Crippen LogP contribution in [0.1, 0.15) is 23.4 Å². The number of benzene rings is 1. The SMILES string of the molecule is Cc1nn(C)c(C)c1CNC1CCN(c2cccc(Cl)c2)C1. The molecule has 5 heteroatoms. The molecule has 2 aromatic rings. The van der Waals surface area contributed by atoms with E-state index in [2.05, 4.69) is 35.2 Å². The Morgan fingerprint density at radius 2 is 2.18 bits per heavy atom. The molecule has 0 aliphatic carbocycles. The molecule has 0 spiro atoms. The summed E-state index contributed by atoms with van der Waals surface area (Å²) in [6, 6.07) is 8.62. The molecule has 2 heterocycles. The maximum absolute atomic E-state index is 6.09. The van der Waals surface area contributed by atoms with Crippen molar-refractivity contribution in [2.45, 2.75) is 32.9 Å².